The fraction of sp³-hybridized carbons (Fsp3) is 0.500. The molecule has 22 heteroatoms. The third-order valence-electron chi connectivity index (χ3n) is 18.0. The Hall–Kier alpha value is -6.56. The number of methoxy groups -OCH3 is 2. The number of aliphatic hydroxyl groups is 1. The zero-order valence-corrected chi connectivity index (χ0v) is 47.3. The summed E-state index contributed by atoms with van der Waals surface area (Å²) in [5.74, 6) is 0.779. The molecule has 80 heavy (non-hydrogen) atoms. The van der Waals surface area contributed by atoms with Gasteiger partial charge in [0.15, 0.2) is 5.75 Å². The molecule has 4 aliphatic heterocycles. The molecule has 2 aromatic carbocycles. The lowest BCUT2D eigenvalue weighted by Gasteiger charge is -2.58. The molecule has 6 aromatic rings. The van der Waals surface area contributed by atoms with Gasteiger partial charge in [-0.1, -0.05) is 0 Å². The maximum atomic E-state index is 14.8. The van der Waals surface area contributed by atoms with Gasteiger partial charge in [-0.2, -0.15) is 16.3 Å². The summed E-state index contributed by atoms with van der Waals surface area (Å²) >= 11 is 1.77. The summed E-state index contributed by atoms with van der Waals surface area (Å²) in [4.78, 5) is 48.5. The number of anilines is 4. The first-order valence-electron chi connectivity index (χ1n) is 27.9. The monoisotopic (exact) mass is 1130 g/mol. The number of carbonyl (C=O) groups is 1. The number of hydrogen-bond acceptors (Lipinski definition) is 18. The molecule has 0 unspecified atom stereocenters. The molecule has 3 atom stereocenters. The van der Waals surface area contributed by atoms with E-state index >= 15 is 0 Å². The fourth-order valence-electron chi connectivity index (χ4n) is 13.4. The molecule has 1 spiro atoms. The predicted octanol–water partition coefficient (Wildman–Crippen LogP) is 8.72. The topological polar surface area (TPSA) is 230 Å². The number of nitrogens with one attached hydrogen (secondary N) is 3. The number of thiophene rings is 1. The van der Waals surface area contributed by atoms with Gasteiger partial charge in [0.05, 0.1) is 53.5 Å². The number of nitro benzene ring substituents is 1. The van der Waals surface area contributed by atoms with Gasteiger partial charge in [-0.05, 0) is 159 Å². The van der Waals surface area contributed by atoms with Crippen molar-refractivity contribution in [2.75, 3.05) is 81.8 Å². The summed E-state index contributed by atoms with van der Waals surface area (Å²) in [6, 6.07) is 15.6. The SMILES string of the molecule is COc1cc(CN2CCN(C3CC4(CCN(c5ccc(C(=O)NS(=O)(=O)c6ccc(NCC7CCC(C)(O)CC7)c([N+](=O)[O-])c6)c(N6c7cc8cc[nH]c8nc7O[C@H]7COCC[C@@H]76)c5)CC4)C3)[C@H](c3cscc3C)C2)cnc1OC. The minimum absolute atomic E-state index is 0.107. The average Bonchev–Trinajstić information content (AvgIpc) is 4.14. The zero-order valence-electron chi connectivity index (χ0n) is 45.7. The number of piperidine rings is 1. The molecule has 12 rings (SSSR count). The van der Waals surface area contributed by atoms with E-state index in [4.69, 9.17) is 23.9 Å². The van der Waals surface area contributed by atoms with Gasteiger partial charge in [-0.3, -0.25) is 24.7 Å². The van der Waals surface area contributed by atoms with Crippen LogP contribution in [-0.2, 0) is 21.3 Å². The van der Waals surface area contributed by atoms with E-state index in [1.165, 1.54) is 23.3 Å². The number of H-pyrrole nitrogens is 1. The lowest BCUT2D eigenvalue weighted by Crippen LogP contribution is -2.59. The molecule has 1 amide bonds. The number of aryl methyl sites for hydroxylation is 1. The highest BCUT2D eigenvalue weighted by molar-refractivity contribution is 7.90. The quantitative estimate of drug-likeness (QED) is 0.0556. The lowest BCUT2D eigenvalue weighted by molar-refractivity contribution is -0.384. The van der Waals surface area contributed by atoms with Gasteiger partial charge in [0.1, 0.15) is 23.1 Å². The van der Waals surface area contributed by atoms with Crippen molar-refractivity contribution in [2.24, 2.45) is 11.3 Å². The standard InChI is InChI=1S/C58H70N10O10S2/c1-36-34-79-35-44(36)50-32-64(31-38-23-51(75-3)56(76-4)61-30-38)20-21-66(50)41-27-58(28-41)15-18-65(19-16-58)40-5-7-43(47(25-40)67-46-12-22-77-33-52(46)78-55-49(67)24-39-11-17-59-53(39)62-55)54(69)63-80(73,74)42-6-8-45(48(26-42)68(71)72)60-29-37-9-13-57(2,70)14-10-37/h5-8,11,17,23-26,30,34-35,37,41,46,50,52,60,70H,9-10,12-16,18-22,27-29,31-33H2,1-4H3,(H,59,62)(H,63,69)/t37?,46-,50-,52-,57?/m0/s1. The van der Waals surface area contributed by atoms with Crippen molar-refractivity contribution in [3.8, 4) is 17.5 Å². The molecule has 0 bridgehead atoms. The minimum Gasteiger partial charge on any atom is -0.491 e. The largest absolute Gasteiger partial charge is 0.491 e. The van der Waals surface area contributed by atoms with Crippen molar-refractivity contribution in [1.29, 1.82) is 0 Å². The number of benzene rings is 2. The van der Waals surface area contributed by atoms with E-state index < -0.39 is 43.1 Å². The Labute approximate surface area is 470 Å². The third-order valence-corrected chi connectivity index (χ3v) is 20.2. The van der Waals surface area contributed by atoms with Gasteiger partial charge in [-0.15, -0.1) is 0 Å². The summed E-state index contributed by atoms with van der Waals surface area (Å²) in [7, 11) is -1.40. The van der Waals surface area contributed by atoms with Crippen LogP contribution in [0, 0.1) is 28.4 Å². The number of sulfonamides is 1. The lowest BCUT2D eigenvalue weighted by atomic mass is 9.59. The molecule has 4 N–H and O–H groups in total. The van der Waals surface area contributed by atoms with Gasteiger partial charge in [0, 0.05) is 94.0 Å². The number of hydrogen-bond donors (Lipinski definition) is 4. The van der Waals surface area contributed by atoms with E-state index in [0.29, 0.717) is 79.6 Å². The molecule has 2 aliphatic carbocycles. The molecule has 4 aromatic heterocycles. The van der Waals surface area contributed by atoms with Crippen LogP contribution >= 0.6 is 11.3 Å². The van der Waals surface area contributed by atoms with E-state index in [2.05, 4.69) is 57.3 Å². The molecule has 8 heterocycles. The second kappa shape index (κ2) is 21.7. The number of carbonyl (C=O) groups excluding carboxylic acids is 1. The molecule has 5 fully saturated rings. The number of aromatic amines is 1. The van der Waals surface area contributed by atoms with Crippen molar-refractivity contribution in [3.05, 3.63) is 110 Å². The zero-order chi connectivity index (χ0) is 55.5. The second-order valence-electron chi connectivity index (χ2n) is 23.2. The molecule has 424 valence electrons. The van der Waals surface area contributed by atoms with Gasteiger partial charge in [0.25, 0.3) is 27.5 Å². The van der Waals surface area contributed by atoms with E-state index in [1.807, 2.05) is 49.6 Å². The number of aromatic nitrogens is 3. The molecule has 20 nitrogen and oxygen atoms in total. The summed E-state index contributed by atoms with van der Waals surface area (Å²) < 4.78 is 54.3. The number of amides is 1. The fourth-order valence-corrected chi connectivity index (χ4v) is 15.3. The first-order valence-corrected chi connectivity index (χ1v) is 30.3. The van der Waals surface area contributed by atoms with E-state index in [9.17, 15) is 28.4 Å². The average molecular weight is 1130 g/mol. The number of piperazine rings is 1. The Bertz CT molecular complexity index is 3400. The normalized spacial score (nSPS) is 24.4. The highest BCUT2D eigenvalue weighted by Gasteiger charge is 2.50. The van der Waals surface area contributed by atoms with Crippen LogP contribution in [-0.4, -0.2) is 140 Å². The Morgan fingerprint density at radius 2 is 1.80 bits per heavy atom. The number of nitrogens with zero attached hydrogens (tertiary/aromatic N) is 7. The second-order valence-corrected chi connectivity index (χ2v) is 25.6. The van der Waals surface area contributed by atoms with Gasteiger partial charge in [-0.25, -0.2) is 18.1 Å². The first kappa shape index (κ1) is 54.0. The van der Waals surface area contributed by atoms with E-state index in [1.54, 1.807) is 31.6 Å². The third kappa shape index (κ3) is 10.6. The predicted molar refractivity (Wildman–Crippen MR) is 305 cm³/mol. The maximum absolute atomic E-state index is 14.8. The Morgan fingerprint density at radius 1 is 0.988 bits per heavy atom. The molecule has 6 aliphatic rings. The number of pyridine rings is 2. The molecule has 3 saturated heterocycles. The summed E-state index contributed by atoms with van der Waals surface area (Å²) in [6.45, 7) is 10.4. The molecule has 2 saturated carbocycles. The van der Waals surface area contributed by atoms with Crippen molar-refractivity contribution < 1.29 is 42.2 Å². The Morgan fingerprint density at radius 3 is 2.55 bits per heavy atom. The molecular formula is C58H70N10O10S2. The van der Waals surface area contributed by atoms with Crippen LogP contribution in [0.4, 0.5) is 28.4 Å². The van der Waals surface area contributed by atoms with Crippen LogP contribution in [0.5, 0.6) is 17.5 Å². The smallest absolute Gasteiger partial charge is 0.293 e. The Kier molecular flexibility index (Phi) is 14.7. The maximum Gasteiger partial charge on any atom is 0.293 e. The van der Waals surface area contributed by atoms with E-state index in [0.717, 1.165) is 100 Å². The van der Waals surface area contributed by atoms with Crippen LogP contribution in [0.1, 0.15) is 97.8 Å². The summed E-state index contributed by atoms with van der Waals surface area (Å²) in [5, 5.41) is 31.4. The van der Waals surface area contributed by atoms with Crippen LogP contribution in [0.25, 0.3) is 11.0 Å². The number of nitro groups is 1. The van der Waals surface area contributed by atoms with Crippen molar-refractivity contribution in [3.63, 3.8) is 0 Å². The highest BCUT2D eigenvalue weighted by Crippen LogP contribution is 2.54. The van der Waals surface area contributed by atoms with Crippen LogP contribution in [0.3, 0.4) is 0 Å². The molecular weight excluding hydrogens is 1060 g/mol. The van der Waals surface area contributed by atoms with Crippen molar-refractivity contribution in [2.45, 2.75) is 113 Å². The van der Waals surface area contributed by atoms with Crippen LogP contribution in [0.2, 0.25) is 0 Å². The number of rotatable bonds is 15. The van der Waals surface area contributed by atoms with E-state index in [-0.39, 0.29) is 34.7 Å². The van der Waals surface area contributed by atoms with Gasteiger partial charge in [0.2, 0.25) is 5.88 Å². The van der Waals surface area contributed by atoms with Gasteiger partial charge >= 0.3 is 0 Å². The van der Waals surface area contributed by atoms with Gasteiger partial charge < -0.3 is 44.2 Å². The van der Waals surface area contributed by atoms with Crippen molar-refractivity contribution >= 4 is 66.7 Å². The first-order chi connectivity index (χ1) is 38.6. The Balaban J connectivity index is 0.787. The minimum atomic E-state index is -4.64. The number of ether oxygens (including phenoxy) is 4. The summed E-state index contributed by atoms with van der Waals surface area (Å²) in [5.41, 5.74) is 5.84. The molecule has 0 radical (unpaired) electrons. The van der Waals surface area contributed by atoms with Crippen LogP contribution < -0.4 is 34.0 Å². The summed E-state index contributed by atoms with van der Waals surface area (Å²) in [6.07, 6.45) is 10.9. The van der Waals surface area contributed by atoms with Crippen LogP contribution in [0.15, 0.2) is 82.6 Å². The van der Waals surface area contributed by atoms with Crippen molar-refractivity contribution in [1.82, 2.24) is 29.5 Å². The number of fused-ring (bicyclic) bond motifs is 3. The highest BCUT2D eigenvalue weighted by atomic mass is 32.2.